The van der Waals surface area contributed by atoms with Crippen molar-refractivity contribution in [1.29, 1.82) is 0 Å². The van der Waals surface area contributed by atoms with Gasteiger partial charge in [0, 0.05) is 16.6 Å². The smallest absolute Gasteiger partial charge is 0.416 e. The summed E-state index contributed by atoms with van der Waals surface area (Å²) < 4.78 is 48.7. The van der Waals surface area contributed by atoms with Gasteiger partial charge < -0.3 is 14.6 Å². The van der Waals surface area contributed by atoms with Gasteiger partial charge >= 0.3 is 12.1 Å². The lowest BCUT2D eigenvalue weighted by Crippen LogP contribution is -2.14. The molecule has 0 spiro atoms. The summed E-state index contributed by atoms with van der Waals surface area (Å²) in [5.74, 6) is 0.935. The Kier molecular flexibility index (Phi) is 8.25. The third-order valence-corrected chi connectivity index (χ3v) is 5.45. The van der Waals surface area contributed by atoms with E-state index in [0.29, 0.717) is 18.1 Å². The molecule has 1 N–H and O–H groups in total. The summed E-state index contributed by atoms with van der Waals surface area (Å²) >= 11 is 1.64. The van der Waals surface area contributed by atoms with Gasteiger partial charge in [0.05, 0.1) is 12.2 Å². The third kappa shape index (κ3) is 7.53. The van der Waals surface area contributed by atoms with Gasteiger partial charge in [-0.2, -0.15) is 13.2 Å². The van der Waals surface area contributed by atoms with Crippen LogP contribution in [0.1, 0.15) is 24.5 Å². The number of hydrogen-bond donors (Lipinski definition) is 1. The van der Waals surface area contributed by atoms with E-state index in [1.54, 1.807) is 17.8 Å². The molecule has 2 rings (SSSR count). The fraction of sp³-hybridized carbons (Fsp3) is 0.381. The van der Waals surface area contributed by atoms with E-state index in [1.165, 1.54) is 12.1 Å². The van der Waals surface area contributed by atoms with Gasteiger partial charge in [-0.3, -0.25) is 0 Å². The monoisotopic (exact) mass is 428 g/mol. The van der Waals surface area contributed by atoms with Crippen LogP contribution in [0.15, 0.2) is 47.4 Å². The van der Waals surface area contributed by atoms with Gasteiger partial charge in [-0.05, 0) is 61.4 Å². The Balaban J connectivity index is 1.85. The van der Waals surface area contributed by atoms with Gasteiger partial charge in [-0.1, -0.05) is 6.92 Å². The van der Waals surface area contributed by atoms with E-state index >= 15 is 0 Å². The van der Waals surface area contributed by atoms with Gasteiger partial charge in [-0.25, -0.2) is 4.79 Å². The maximum absolute atomic E-state index is 12.6. The normalized spacial score (nSPS) is 12.4. The van der Waals surface area contributed by atoms with Crippen molar-refractivity contribution in [3.8, 4) is 11.5 Å². The molecule has 0 heterocycles. The van der Waals surface area contributed by atoms with Crippen molar-refractivity contribution < 1.29 is 32.5 Å². The number of thioether (sulfide) groups is 1. The van der Waals surface area contributed by atoms with Gasteiger partial charge in [0.1, 0.15) is 11.5 Å². The fourth-order valence-corrected chi connectivity index (χ4v) is 3.65. The van der Waals surface area contributed by atoms with E-state index in [1.807, 2.05) is 26.0 Å². The minimum Gasteiger partial charge on any atom is -0.493 e. The first-order valence-electron chi connectivity index (χ1n) is 9.07. The number of carboxylic acid groups (broad SMARTS) is 1. The largest absolute Gasteiger partial charge is 0.493 e. The highest BCUT2D eigenvalue weighted by Crippen LogP contribution is 2.31. The highest BCUT2D eigenvalue weighted by atomic mass is 32.2. The van der Waals surface area contributed by atoms with E-state index in [0.717, 1.165) is 34.8 Å². The van der Waals surface area contributed by atoms with Crippen molar-refractivity contribution >= 4 is 17.7 Å². The lowest BCUT2D eigenvalue weighted by Gasteiger charge is -2.16. The van der Waals surface area contributed by atoms with Crippen LogP contribution >= 0.6 is 11.8 Å². The molecule has 0 bridgehead atoms. The first-order chi connectivity index (χ1) is 13.7. The molecule has 0 radical (unpaired) electrons. The molecule has 0 saturated carbocycles. The van der Waals surface area contributed by atoms with E-state index < -0.39 is 17.7 Å². The summed E-state index contributed by atoms with van der Waals surface area (Å²) in [6, 6.07) is 10.3. The molecule has 158 valence electrons. The SMILES string of the molecule is CCC(COc1ccc(C(F)(F)F)cc1)CSc1ccc(OCC(=O)O)c(C)c1. The molecule has 2 aromatic carbocycles. The van der Waals surface area contributed by atoms with Crippen molar-refractivity contribution in [2.24, 2.45) is 5.92 Å². The summed E-state index contributed by atoms with van der Waals surface area (Å²) in [6.45, 7) is 3.92. The quantitative estimate of drug-likeness (QED) is 0.494. The molecule has 29 heavy (non-hydrogen) atoms. The number of ether oxygens (including phenoxy) is 2. The second kappa shape index (κ2) is 10.4. The van der Waals surface area contributed by atoms with Crippen LogP contribution in [-0.2, 0) is 11.0 Å². The summed E-state index contributed by atoms with van der Waals surface area (Å²) in [7, 11) is 0. The average Bonchev–Trinajstić information content (AvgIpc) is 2.67. The van der Waals surface area contributed by atoms with Crippen molar-refractivity contribution in [2.75, 3.05) is 19.0 Å². The molecule has 1 atom stereocenters. The molecule has 0 aliphatic heterocycles. The molecule has 0 fully saturated rings. The standard InChI is InChI=1S/C21H23F3O4S/c1-3-15(11-27-17-6-4-16(5-7-17)21(22,23)24)13-29-18-8-9-19(14(2)10-18)28-12-20(25)26/h4-10,15H,3,11-13H2,1-2H3,(H,25,26). The van der Waals surface area contributed by atoms with Gasteiger partial charge in [0.15, 0.2) is 6.61 Å². The molecular weight excluding hydrogens is 405 g/mol. The van der Waals surface area contributed by atoms with Crippen LogP contribution in [0, 0.1) is 12.8 Å². The minimum atomic E-state index is -4.35. The molecule has 0 aliphatic carbocycles. The Bertz CT molecular complexity index is 807. The number of aryl methyl sites for hydroxylation is 1. The van der Waals surface area contributed by atoms with E-state index in [4.69, 9.17) is 14.6 Å². The van der Waals surface area contributed by atoms with Crippen LogP contribution in [0.5, 0.6) is 11.5 Å². The predicted molar refractivity (Wildman–Crippen MR) is 106 cm³/mol. The number of rotatable bonds is 10. The Morgan fingerprint density at radius 3 is 2.38 bits per heavy atom. The van der Waals surface area contributed by atoms with Crippen molar-refractivity contribution in [3.05, 3.63) is 53.6 Å². The summed E-state index contributed by atoms with van der Waals surface area (Å²) in [6.07, 6.45) is -3.49. The number of hydrogen-bond acceptors (Lipinski definition) is 4. The zero-order valence-corrected chi connectivity index (χ0v) is 17.0. The molecule has 0 aliphatic rings. The van der Waals surface area contributed by atoms with Gasteiger partial charge in [0.25, 0.3) is 0 Å². The van der Waals surface area contributed by atoms with Crippen LogP contribution in [-0.4, -0.2) is 30.0 Å². The van der Waals surface area contributed by atoms with Crippen LogP contribution in [0.25, 0.3) is 0 Å². The first kappa shape index (κ1) is 22.9. The topological polar surface area (TPSA) is 55.8 Å². The van der Waals surface area contributed by atoms with E-state index in [2.05, 4.69) is 0 Å². The maximum atomic E-state index is 12.6. The van der Waals surface area contributed by atoms with E-state index in [-0.39, 0.29) is 12.5 Å². The number of halogens is 3. The third-order valence-electron chi connectivity index (χ3n) is 4.23. The van der Waals surface area contributed by atoms with Crippen molar-refractivity contribution in [2.45, 2.75) is 31.3 Å². The zero-order valence-electron chi connectivity index (χ0n) is 16.2. The molecule has 0 amide bonds. The van der Waals surface area contributed by atoms with Crippen molar-refractivity contribution in [1.82, 2.24) is 0 Å². The highest BCUT2D eigenvalue weighted by Gasteiger charge is 2.30. The fourth-order valence-electron chi connectivity index (χ4n) is 2.47. The number of carbonyl (C=O) groups is 1. The number of carboxylic acids is 1. The number of benzene rings is 2. The zero-order chi connectivity index (χ0) is 21.4. The highest BCUT2D eigenvalue weighted by molar-refractivity contribution is 7.99. The lowest BCUT2D eigenvalue weighted by molar-refractivity contribution is -0.139. The van der Waals surface area contributed by atoms with Crippen LogP contribution in [0.3, 0.4) is 0 Å². The number of aliphatic carboxylic acids is 1. The Morgan fingerprint density at radius 1 is 1.14 bits per heavy atom. The lowest BCUT2D eigenvalue weighted by atomic mass is 10.1. The summed E-state index contributed by atoms with van der Waals surface area (Å²) in [5.41, 5.74) is 0.156. The Morgan fingerprint density at radius 2 is 1.83 bits per heavy atom. The van der Waals surface area contributed by atoms with E-state index in [9.17, 15) is 18.0 Å². The van der Waals surface area contributed by atoms with Crippen LogP contribution in [0.2, 0.25) is 0 Å². The Labute approximate surface area is 172 Å². The molecule has 4 nitrogen and oxygen atoms in total. The van der Waals surface area contributed by atoms with Crippen LogP contribution in [0.4, 0.5) is 13.2 Å². The molecule has 2 aromatic rings. The second-order valence-corrected chi connectivity index (χ2v) is 7.62. The molecular formula is C21H23F3O4S. The van der Waals surface area contributed by atoms with Crippen molar-refractivity contribution in [3.63, 3.8) is 0 Å². The second-order valence-electron chi connectivity index (χ2n) is 6.53. The molecule has 0 saturated heterocycles. The number of alkyl halides is 3. The molecule has 0 aromatic heterocycles. The van der Waals surface area contributed by atoms with Crippen LogP contribution < -0.4 is 9.47 Å². The summed E-state index contributed by atoms with van der Waals surface area (Å²) in [4.78, 5) is 11.6. The Hall–Kier alpha value is -2.35. The van der Waals surface area contributed by atoms with Gasteiger partial charge in [0.2, 0.25) is 0 Å². The minimum absolute atomic E-state index is 0.227. The molecule has 8 heteroatoms. The predicted octanol–water partition coefficient (Wildman–Crippen LogP) is 5.67. The first-order valence-corrected chi connectivity index (χ1v) is 10.1. The summed E-state index contributed by atoms with van der Waals surface area (Å²) in [5, 5.41) is 8.68. The average molecular weight is 428 g/mol. The molecule has 1 unspecified atom stereocenters. The van der Waals surface area contributed by atoms with Gasteiger partial charge in [-0.15, -0.1) is 11.8 Å². The maximum Gasteiger partial charge on any atom is 0.416 e.